The first-order valence-corrected chi connectivity index (χ1v) is 4.48. The summed E-state index contributed by atoms with van der Waals surface area (Å²) in [6.07, 6.45) is 0. The molecule has 1 rings (SSSR count). The third kappa shape index (κ3) is 2.33. The van der Waals surface area contributed by atoms with Crippen molar-refractivity contribution < 1.29 is 14.6 Å². The smallest absolute Gasteiger partial charge is 0.337 e. The van der Waals surface area contributed by atoms with E-state index < -0.39 is 0 Å². The highest BCUT2D eigenvalue weighted by Crippen LogP contribution is 2.16. The molecule has 0 amide bonds. The summed E-state index contributed by atoms with van der Waals surface area (Å²) in [5, 5.41) is 8.96. The lowest BCUT2D eigenvalue weighted by Crippen LogP contribution is -2.04. The highest BCUT2D eigenvalue weighted by molar-refractivity contribution is 5.89. The summed E-state index contributed by atoms with van der Waals surface area (Å²) in [7, 11) is 1.35. The van der Waals surface area contributed by atoms with Crippen LogP contribution < -0.4 is 0 Å². The minimum atomic E-state index is -0.350. The van der Waals surface area contributed by atoms with Gasteiger partial charge in [0.2, 0.25) is 0 Å². The van der Waals surface area contributed by atoms with Crippen LogP contribution in [0.25, 0.3) is 0 Å². The average molecular weight is 194 g/mol. The fourth-order valence-electron chi connectivity index (χ4n) is 1.20. The van der Waals surface area contributed by atoms with Gasteiger partial charge in [-0.15, -0.1) is 0 Å². The Balaban J connectivity index is 2.95. The van der Waals surface area contributed by atoms with Crippen molar-refractivity contribution in [3.8, 4) is 0 Å². The van der Waals surface area contributed by atoms with E-state index in [9.17, 15) is 4.79 Å². The molecule has 0 unspecified atom stereocenters. The van der Waals surface area contributed by atoms with E-state index in [1.54, 1.807) is 18.2 Å². The predicted octanol–water partition coefficient (Wildman–Crippen LogP) is 1.57. The molecule has 1 aromatic rings. The summed E-state index contributed by atoms with van der Waals surface area (Å²) in [4.78, 5) is 11.2. The van der Waals surface area contributed by atoms with Gasteiger partial charge in [0.15, 0.2) is 0 Å². The van der Waals surface area contributed by atoms with Crippen LogP contribution in [0.5, 0.6) is 0 Å². The van der Waals surface area contributed by atoms with Crippen LogP contribution in [0.4, 0.5) is 0 Å². The largest absolute Gasteiger partial charge is 0.465 e. The van der Waals surface area contributed by atoms with Gasteiger partial charge in [0.1, 0.15) is 0 Å². The van der Waals surface area contributed by atoms with E-state index in [1.165, 1.54) is 7.11 Å². The van der Waals surface area contributed by atoms with Gasteiger partial charge in [0, 0.05) is 12.5 Å². The number of esters is 1. The average Bonchev–Trinajstić information content (AvgIpc) is 2.27. The predicted molar refractivity (Wildman–Crippen MR) is 53.3 cm³/mol. The second-order valence-electron chi connectivity index (χ2n) is 3.20. The molecule has 0 heterocycles. The highest BCUT2D eigenvalue weighted by atomic mass is 16.5. The molecule has 0 saturated carbocycles. The SMILES string of the molecule is COC(=O)c1cccc([C@H](C)CO)c1. The van der Waals surface area contributed by atoms with Gasteiger partial charge in [-0.05, 0) is 17.7 Å². The van der Waals surface area contributed by atoms with Gasteiger partial charge in [-0.25, -0.2) is 4.79 Å². The Kier molecular flexibility index (Phi) is 3.65. The van der Waals surface area contributed by atoms with Gasteiger partial charge in [-0.1, -0.05) is 19.1 Å². The fourth-order valence-corrected chi connectivity index (χ4v) is 1.20. The molecule has 0 aliphatic heterocycles. The first-order valence-electron chi connectivity index (χ1n) is 4.48. The van der Waals surface area contributed by atoms with Crippen molar-refractivity contribution in [3.05, 3.63) is 35.4 Å². The van der Waals surface area contributed by atoms with Gasteiger partial charge in [0.25, 0.3) is 0 Å². The van der Waals surface area contributed by atoms with Crippen LogP contribution in [0.3, 0.4) is 0 Å². The van der Waals surface area contributed by atoms with Crippen LogP contribution >= 0.6 is 0 Å². The van der Waals surface area contributed by atoms with Gasteiger partial charge in [-0.3, -0.25) is 0 Å². The van der Waals surface area contributed by atoms with E-state index in [0.717, 1.165) is 5.56 Å². The number of hydrogen-bond donors (Lipinski definition) is 1. The van der Waals surface area contributed by atoms with Gasteiger partial charge < -0.3 is 9.84 Å². The van der Waals surface area contributed by atoms with Gasteiger partial charge in [-0.2, -0.15) is 0 Å². The summed E-state index contributed by atoms with van der Waals surface area (Å²) in [5.41, 5.74) is 1.46. The van der Waals surface area contributed by atoms with E-state index >= 15 is 0 Å². The summed E-state index contributed by atoms with van der Waals surface area (Å²) < 4.78 is 4.60. The molecule has 0 aliphatic rings. The van der Waals surface area contributed by atoms with E-state index in [4.69, 9.17) is 5.11 Å². The number of carbonyl (C=O) groups excluding carboxylic acids is 1. The lowest BCUT2D eigenvalue weighted by atomic mass is 10.00. The Morgan fingerprint density at radius 2 is 2.29 bits per heavy atom. The maximum absolute atomic E-state index is 11.2. The topological polar surface area (TPSA) is 46.5 Å². The molecule has 3 nitrogen and oxygen atoms in total. The molecular weight excluding hydrogens is 180 g/mol. The summed E-state index contributed by atoms with van der Waals surface area (Å²) in [6, 6.07) is 7.10. The third-order valence-corrected chi connectivity index (χ3v) is 2.15. The lowest BCUT2D eigenvalue weighted by molar-refractivity contribution is 0.0600. The summed E-state index contributed by atoms with van der Waals surface area (Å²) in [6.45, 7) is 1.97. The number of carbonyl (C=O) groups is 1. The molecule has 1 aromatic carbocycles. The van der Waals surface area contributed by atoms with Crippen molar-refractivity contribution in [1.82, 2.24) is 0 Å². The van der Waals surface area contributed by atoms with E-state index in [1.807, 2.05) is 13.0 Å². The fraction of sp³-hybridized carbons (Fsp3) is 0.364. The molecule has 14 heavy (non-hydrogen) atoms. The molecule has 0 radical (unpaired) electrons. The summed E-state index contributed by atoms with van der Waals surface area (Å²) in [5.74, 6) is -0.309. The molecule has 0 spiro atoms. The molecule has 1 N–H and O–H groups in total. The zero-order valence-corrected chi connectivity index (χ0v) is 8.36. The molecular formula is C11H14O3. The molecule has 0 bridgehead atoms. The Morgan fingerprint density at radius 3 is 2.86 bits per heavy atom. The van der Waals surface area contributed by atoms with Crippen LogP contribution in [0, 0.1) is 0 Å². The van der Waals surface area contributed by atoms with Crippen molar-refractivity contribution in [2.45, 2.75) is 12.8 Å². The second kappa shape index (κ2) is 4.77. The van der Waals surface area contributed by atoms with E-state index in [0.29, 0.717) is 5.56 Å². The first-order chi connectivity index (χ1) is 6.69. The molecule has 0 aromatic heterocycles. The Labute approximate surface area is 83.3 Å². The Hall–Kier alpha value is -1.35. The second-order valence-corrected chi connectivity index (χ2v) is 3.20. The lowest BCUT2D eigenvalue weighted by Gasteiger charge is -2.08. The number of rotatable bonds is 3. The molecule has 3 heteroatoms. The number of ether oxygens (including phenoxy) is 1. The van der Waals surface area contributed by atoms with E-state index in [2.05, 4.69) is 4.74 Å². The van der Waals surface area contributed by atoms with Gasteiger partial charge >= 0.3 is 5.97 Å². The Bertz CT molecular complexity index is 320. The van der Waals surface area contributed by atoms with Crippen molar-refractivity contribution in [1.29, 1.82) is 0 Å². The normalized spacial score (nSPS) is 12.2. The summed E-state index contributed by atoms with van der Waals surface area (Å²) >= 11 is 0. The zero-order chi connectivity index (χ0) is 10.6. The van der Waals surface area contributed by atoms with Crippen molar-refractivity contribution in [2.75, 3.05) is 13.7 Å². The first kappa shape index (κ1) is 10.7. The maximum atomic E-state index is 11.2. The van der Waals surface area contributed by atoms with Crippen molar-refractivity contribution >= 4 is 5.97 Å². The molecule has 0 fully saturated rings. The number of hydrogen-bond acceptors (Lipinski definition) is 3. The standard InChI is InChI=1S/C11H14O3/c1-8(7-12)9-4-3-5-10(6-9)11(13)14-2/h3-6,8,12H,7H2,1-2H3/t8-/m1/s1. The van der Waals surface area contributed by atoms with Crippen molar-refractivity contribution in [3.63, 3.8) is 0 Å². The number of aliphatic hydroxyl groups is 1. The quantitative estimate of drug-likeness (QED) is 0.743. The van der Waals surface area contributed by atoms with E-state index in [-0.39, 0.29) is 18.5 Å². The van der Waals surface area contributed by atoms with Crippen molar-refractivity contribution in [2.24, 2.45) is 0 Å². The number of aliphatic hydroxyl groups excluding tert-OH is 1. The minimum absolute atomic E-state index is 0.0413. The van der Waals surface area contributed by atoms with Crippen LogP contribution in [-0.4, -0.2) is 24.8 Å². The maximum Gasteiger partial charge on any atom is 0.337 e. The van der Waals surface area contributed by atoms with Crippen LogP contribution in [0.1, 0.15) is 28.8 Å². The Morgan fingerprint density at radius 1 is 1.57 bits per heavy atom. The monoisotopic (exact) mass is 194 g/mol. The third-order valence-electron chi connectivity index (χ3n) is 2.15. The number of methoxy groups -OCH3 is 1. The highest BCUT2D eigenvalue weighted by Gasteiger charge is 2.08. The molecule has 0 saturated heterocycles. The number of benzene rings is 1. The molecule has 1 atom stereocenters. The van der Waals surface area contributed by atoms with Crippen LogP contribution in [0.2, 0.25) is 0 Å². The van der Waals surface area contributed by atoms with Gasteiger partial charge in [0.05, 0.1) is 12.7 Å². The molecule has 0 aliphatic carbocycles. The zero-order valence-electron chi connectivity index (χ0n) is 8.36. The minimum Gasteiger partial charge on any atom is -0.465 e. The molecule has 76 valence electrons. The van der Waals surface area contributed by atoms with Crippen LogP contribution in [0.15, 0.2) is 24.3 Å². The van der Waals surface area contributed by atoms with Crippen LogP contribution in [-0.2, 0) is 4.74 Å².